The van der Waals surface area contributed by atoms with Gasteiger partial charge in [0.2, 0.25) is 5.91 Å². The molecule has 194 valence electrons. The summed E-state index contributed by atoms with van der Waals surface area (Å²) in [6, 6.07) is 11.3. The fourth-order valence-corrected chi connectivity index (χ4v) is 5.17. The SMILES string of the molecule is CC(C)CC(=O)N1CCCCC2(COc3cccnc3)CCN(CC2)C(=O)c2ccccc2OCC1. The first kappa shape index (κ1) is 26.0. The van der Waals surface area contributed by atoms with Crippen LogP contribution in [0.1, 0.15) is 62.7 Å². The van der Waals surface area contributed by atoms with Crippen LogP contribution in [0.3, 0.4) is 0 Å². The molecule has 7 nitrogen and oxygen atoms in total. The van der Waals surface area contributed by atoms with E-state index in [0.717, 1.165) is 44.4 Å². The molecule has 0 atom stereocenters. The Kier molecular flexibility index (Phi) is 8.83. The quantitative estimate of drug-likeness (QED) is 0.597. The third kappa shape index (κ3) is 6.77. The van der Waals surface area contributed by atoms with Gasteiger partial charge < -0.3 is 19.3 Å². The van der Waals surface area contributed by atoms with Crippen molar-refractivity contribution < 1.29 is 19.1 Å². The van der Waals surface area contributed by atoms with Crippen LogP contribution < -0.4 is 9.47 Å². The summed E-state index contributed by atoms with van der Waals surface area (Å²) in [6.45, 7) is 7.76. The molecule has 3 aliphatic heterocycles. The van der Waals surface area contributed by atoms with E-state index < -0.39 is 0 Å². The van der Waals surface area contributed by atoms with Gasteiger partial charge in [0, 0.05) is 37.7 Å². The van der Waals surface area contributed by atoms with E-state index in [1.54, 1.807) is 12.4 Å². The van der Waals surface area contributed by atoms with Crippen molar-refractivity contribution in [2.75, 3.05) is 39.4 Å². The van der Waals surface area contributed by atoms with Gasteiger partial charge in [0.15, 0.2) is 0 Å². The molecular formula is C29H39N3O4. The number of ether oxygens (including phenoxy) is 2. The molecule has 36 heavy (non-hydrogen) atoms. The maximum Gasteiger partial charge on any atom is 0.257 e. The van der Waals surface area contributed by atoms with Crippen LogP contribution in [-0.2, 0) is 4.79 Å². The fourth-order valence-electron chi connectivity index (χ4n) is 5.17. The summed E-state index contributed by atoms with van der Waals surface area (Å²) >= 11 is 0. The van der Waals surface area contributed by atoms with Gasteiger partial charge in [-0.25, -0.2) is 0 Å². The molecule has 2 aromatic rings. The van der Waals surface area contributed by atoms with Gasteiger partial charge in [-0.2, -0.15) is 0 Å². The summed E-state index contributed by atoms with van der Waals surface area (Å²) in [5.74, 6) is 1.85. The van der Waals surface area contributed by atoms with Crippen LogP contribution in [0, 0.1) is 11.3 Å². The Morgan fingerprint density at radius 1 is 1.06 bits per heavy atom. The Hall–Kier alpha value is -3.09. The van der Waals surface area contributed by atoms with Crippen LogP contribution in [0.25, 0.3) is 0 Å². The van der Waals surface area contributed by atoms with Gasteiger partial charge in [-0.15, -0.1) is 0 Å². The molecule has 1 aromatic carbocycles. The third-order valence-corrected chi connectivity index (χ3v) is 7.35. The van der Waals surface area contributed by atoms with Crippen molar-refractivity contribution in [3.63, 3.8) is 0 Å². The van der Waals surface area contributed by atoms with E-state index in [9.17, 15) is 9.59 Å². The number of piperidine rings is 1. The Morgan fingerprint density at radius 3 is 2.61 bits per heavy atom. The van der Waals surface area contributed by atoms with E-state index >= 15 is 0 Å². The summed E-state index contributed by atoms with van der Waals surface area (Å²) < 4.78 is 12.3. The molecule has 0 spiro atoms. The maximum absolute atomic E-state index is 13.4. The summed E-state index contributed by atoms with van der Waals surface area (Å²) in [5, 5.41) is 0. The average Bonchev–Trinajstić information content (AvgIpc) is 2.89. The lowest BCUT2D eigenvalue weighted by Gasteiger charge is -2.42. The van der Waals surface area contributed by atoms with Gasteiger partial charge in [0.1, 0.15) is 18.1 Å². The predicted molar refractivity (Wildman–Crippen MR) is 139 cm³/mol. The number of aromatic nitrogens is 1. The zero-order valence-corrected chi connectivity index (χ0v) is 21.7. The Labute approximate surface area is 214 Å². The minimum Gasteiger partial charge on any atom is -0.491 e. The highest BCUT2D eigenvalue weighted by atomic mass is 16.5. The van der Waals surface area contributed by atoms with Crippen LogP contribution >= 0.6 is 0 Å². The molecule has 0 radical (unpaired) electrons. The first-order valence-electron chi connectivity index (χ1n) is 13.3. The molecule has 1 aromatic heterocycles. The van der Waals surface area contributed by atoms with E-state index in [1.165, 1.54) is 0 Å². The minimum absolute atomic E-state index is 0.00437. The fraction of sp³-hybridized carbons (Fsp3) is 0.552. The topological polar surface area (TPSA) is 72.0 Å². The van der Waals surface area contributed by atoms with Gasteiger partial charge in [-0.1, -0.05) is 32.4 Å². The molecule has 2 bridgehead atoms. The third-order valence-electron chi connectivity index (χ3n) is 7.35. The molecule has 1 fully saturated rings. The Morgan fingerprint density at radius 2 is 1.86 bits per heavy atom. The number of nitrogens with zero attached hydrogens (tertiary/aromatic N) is 3. The minimum atomic E-state index is -0.00437. The number of hydrogen-bond acceptors (Lipinski definition) is 5. The number of carbonyl (C=O) groups excluding carboxylic acids is 2. The number of para-hydroxylation sites is 1. The monoisotopic (exact) mass is 493 g/mol. The summed E-state index contributed by atoms with van der Waals surface area (Å²) in [4.78, 5) is 34.4. The van der Waals surface area contributed by atoms with E-state index in [-0.39, 0.29) is 17.2 Å². The van der Waals surface area contributed by atoms with Crippen LogP contribution in [-0.4, -0.2) is 66.0 Å². The molecule has 1 saturated heterocycles. The van der Waals surface area contributed by atoms with Crippen LogP contribution in [0.5, 0.6) is 11.5 Å². The van der Waals surface area contributed by atoms with Gasteiger partial charge in [0.25, 0.3) is 5.91 Å². The van der Waals surface area contributed by atoms with E-state index in [0.29, 0.717) is 56.5 Å². The number of carbonyl (C=O) groups is 2. The molecular weight excluding hydrogens is 454 g/mol. The maximum atomic E-state index is 13.4. The molecule has 0 saturated carbocycles. The number of pyridine rings is 1. The zero-order chi connectivity index (χ0) is 25.4. The normalized spacial score (nSPS) is 18.7. The van der Waals surface area contributed by atoms with Crippen molar-refractivity contribution in [1.29, 1.82) is 0 Å². The number of amides is 2. The number of fused-ring (bicyclic) bond motifs is 9. The molecule has 0 N–H and O–H groups in total. The van der Waals surface area contributed by atoms with Crippen LogP contribution in [0.15, 0.2) is 48.8 Å². The summed E-state index contributed by atoms with van der Waals surface area (Å²) in [5.41, 5.74) is 0.585. The number of benzene rings is 1. The van der Waals surface area contributed by atoms with Crippen molar-refractivity contribution in [2.45, 2.75) is 52.4 Å². The smallest absolute Gasteiger partial charge is 0.257 e. The zero-order valence-electron chi connectivity index (χ0n) is 21.7. The Balaban J connectivity index is 1.53. The first-order chi connectivity index (χ1) is 17.5. The van der Waals surface area contributed by atoms with Crippen LogP contribution in [0.4, 0.5) is 0 Å². The highest BCUT2D eigenvalue weighted by molar-refractivity contribution is 5.97. The standard InChI is InChI=1S/C29H39N3O4/c1-23(2)20-27(33)31-15-6-5-11-29(22-36-24-8-7-14-30-21-24)12-16-32(17-13-29)28(34)25-9-3-4-10-26(25)35-19-18-31/h3-4,7-10,14,21,23H,5-6,11-13,15-20,22H2,1-2H3. The highest BCUT2D eigenvalue weighted by Gasteiger charge is 2.37. The van der Waals surface area contributed by atoms with Crippen molar-refractivity contribution in [1.82, 2.24) is 14.8 Å². The first-order valence-corrected chi connectivity index (χ1v) is 13.3. The van der Waals surface area contributed by atoms with Crippen molar-refractivity contribution in [2.24, 2.45) is 11.3 Å². The van der Waals surface area contributed by atoms with E-state index in [1.807, 2.05) is 46.2 Å². The van der Waals surface area contributed by atoms with Gasteiger partial charge >= 0.3 is 0 Å². The summed E-state index contributed by atoms with van der Waals surface area (Å²) in [6.07, 6.45) is 8.76. The number of hydrogen-bond donors (Lipinski definition) is 0. The lowest BCUT2D eigenvalue weighted by atomic mass is 9.75. The van der Waals surface area contributed by atoms with Gasteiger partial charge in [-0.05, 0) is 55.9 Å². The summed E-state index contributed by atoms with van der Waals surface area (Å²) in [7, 11) is 0. The van der Waals surface area contributed by atoms with Gasteiger partial charge in [-0.3, -0.25) is 14.6 Å². The highest BCUT2D eigenvalue weighted by Crippen LogP contribution is 2.38. The second kappa shape index (κ2) is 12.2. The lowest BCUT2D eigenvalue weighted by Crippen LogP contribution is -2.45. The van der Waals surface area contributed by atoms with E-state index in [4.69, 9.17) is 9.47 Å². The molecule has 4 heterocycles. The largest absolute Gasteiger partial charge is 0.491 e. The van der Waals surface area contributed by atoms with Crippen molar-refractivity contribution in [3.8, 4) is 11.5 Å². The molecule has 5 rings (SSSR count). The van der Waals surface area contributed by atoms with Gasteiger partial charge in [0.05, 0.1) is 24.9 Å². The molecule has 0 aliphatic carbocycles. The molecule has 7 heteroatoms. The molecule has 2 amide bonds. The van der Waals surface area contributed by atoms with Crippen LogP contribution in [0.2, 0.25) is 0 Å². The second-order valence-corrected chi connectivity index (χ2v) is 10.6. The number of rotatable bonds is 5. The molecule has 3 aliphatic rings. The molecule has 0 unspecified atom stereocenters. The van der Waals surface area contributed by atoms with Crippen molar-refractivity contribution in [3.05, 3.63) is 54.4 Å². The Bertz CT molecular complexity index is 1000. The predicted octanol–water partition coefficient (Wildman–Crippen LogP) is 4.82. The second-order valence-electron chi connectivity index (χ2n) is 10.6. The van der Waals surface area contributed by atoms with E-state index in [2.05, 4.69) is 18.8 Å². The lowest BCUT2D eigenvalue weighted by molar-refractivity contribution is -0.132. The van der Waals surface area contributed by atoms with Crippen molar-refractivity contribution >= 4 is 11.8 Å². The average molecular weight is 494 g/mol.